The van der Waals surface area contributed by atoms with Gasteiger partial charge in [0.15, 0.2) is 0 Å². The van der Waals surface area contributed by atoms with Crippen LogP contribution in [-0.4, -0.2) is 14.2 Å². The van der Waals surface area contributed by atoms with Crippen LogP contribution in [0.3, 0.4) is 0 Å². The molecule has 1 aliphatic rings. The van der Waals surface area contributed by atoms with E-state index < -0.39 is 15.8 Å². The Kier molecular flexibility index (Phi) is 3.47. The molecule has 22 heavy (non-hydrogen) atoms. The van der Waals surface area contributed by atoms with Crippen molar-refractivity contribution in [3.63, 3.8) is 0 Å². The first-order valence-corrected chi connectivity index (χ1v) is 8.38. The number of primary sulfonamides is 1. The number of sulfonamides is 1. The van der Waals surface area contributed by atoms with Crippen molar-refractivity contribution in [3.8, 4) is 16.9 Å². The lowest BCUT2D eigenvalue weighted by Crippen LogP contribution is -2.35. The van der Waals surface area contributed by atoms with Crippen molar-refractivity contribution in [3.05, 3.63) is 48.0 Å². The van der Waals surface area contributed by atoms with Gasteiger partial charge in [-0.1, -0.05) is 24.3 Å². The lowest BCUT2D eigenvalue weighted by atomic mass is 10.0. The van der Waals surface area contributed by atoms with Crippen LogP contribution in [0.5, 0.6) is 5.75 Å². The maximum atomic E-state index is 11.5. The fraction of sp³-hybridized carbons (Fsp3) is 0.250. The normalized spacial score (nSPS) is 16.7. The number of hydrogen-bond acceptors (Lipinski definition) is 4. The Labute approximate surface area is 129 Å². The molecule has 0 spiro atoms. The highest BCUT2D eigenvalue weighted by molar-refractivity contribution is 7.89. The molecule has 0 saturated heterocycles. The smallest absolute Gasteiger partial charge is 0.238 e. The number of benzene rings is 2. The zero-order valence-corrected chi connectivity index (χ0v) is 13.2. The molecular formula is C16H17NO4S. The summed E-state index contributed by atoms with van der Waals surface area (Å²) in [5, 5.41) is 5.18. The third kappa shape index (κ3) is 2.99. The van der Waals surface area contributed by atoms with E-state index in [1.807, 2.05) is 38.1 Å². The molecule has 0 aliphatic carbocycles. The molecule has 1 aliphatic heterocycles. The average molecular weight is 319 g/mol. The molecule has 0 amide bonds. The van der Waals surface area contributed by atoms with E-state index in [1.54, 1.807) is 12.1 Å². The molecule has 5 nitrogen and oxygen atoms in total. The summed E-state index contributed by atoms with van der Waals surface area (Å²) in [5.41, 5.74) is 2.59. The van der Waals surface area contributed by atoms with Gasteiger partial charge in [0.1, 0.15) is 5.75 Å². The summed E-state index contributed by atoms with van der Waals surface area (Å²) in [4.78, 5) is 0.0901. The maximum absolute atomic E-state index is 11.5. The van der Waals surface area contributed by atoms with Gasteiger partial charge in [-0.15, -0.1) is 0 Å². The number of rotatable bonds is 2. The van der Waals surface area contributed by atoms with Crippen molar-refractivity contribution in [2.24, 2.45) is 5.14 Å². The van der Waals surface area contributed by atoms with Gasteiger partial charge >= 0.3 is 0 Å². The highest BCUT2D eigenvalue weighted by Gasteiger charge is 2.27. The van der Waals surface area contributed by atoms with Crippen LogP contribution in [0, 0.1) is 0 Å². The fourth-order valence-corrected chi connectivity index (χ4v) is 2.91. The van der Waals surface area contributed by atoms with E-state index in [4.69, 9.17) is 14.6 Å². The largest absolute Gasteiger partial charge is 0.463 e. The van der Waals surface area contributed by atoms with Crippen LogP contribution in [0.4, 0.5) is 0 Å². The van der Waals surface area contributed by atoms with Gasteiger partial charge < -0.3 is 9.47 Å². The molecule has 0 atom stereocenters. The zero-order chi connectivity index (χ0) is 16.0. The molecular weight excluding hydrogens is 302 g/mol. The van der Waals surface area contributed by atoms with Crippen molar-refractivity contribution in [1.82, 2.24) is 0 Å². The van der Waals surface area contributed by atoms with E-state index in [-0.39, 0.29) is 4.90 Å². The van der Waals surface area contributed by atoms with E-state index in [9.17, 15) is 8.42 Å². The summed E-state index contributed by atoms with van der Waals surface area (Å²) >= 11 is 0. The Balaban J connectivity index is 2.04. The predicted octanol–water partition coefficient (Wildman–Crippen LogP) is 2.65. The number of nitrogens with two attached hydrogens (primary N) is 1. The first-order chi connectivity index (χ1) is 10.2. The Morgan fingerprint density at radius 3 is 2.55 bits per heavy atom. The summed E-state index contributed by atoms with van der Waals surface area (Å²) in [6.07, 6.45) is 0. The van der Waals surface area contributed by atoms with Crippen LogP contribution < -0.4 is 9.88 Å². The summed E-state index contributed by atoms with van der Waals surface area (Å²) in [5.74, 6) is 0.0726. The Morgan fingerprint density at radius 1 is 1.09 bits per heavy atom. The van der Waals surface area contributed by atoms with Crippen molar-refractivity contribution in [1.29, 1.82) is 0 Å². The highest BCUT2D eigenvalue weighted by Crippen LogP contribution is 2.35. The number of ether oxygens (including phenoxy) is 2. The van der Waals surface area contributed by atoms with Crippen molar-refractivity contribution < 1.29 is 17.9 Å². The molecule has 2 aromatic carbocycles. The molecule has 0 aromatic heterocycles. The number of fused-ring (bicyclic) bond motifs is 1. The summed E-state index contributed by atoms with van der Waals surface area (Å²) in [6, 6.07) is 12.3. The molecule has 0 bridgehead atoms. The second-order valence-electron chi connectivity index (χ2n) is 5.69. The third-order valence-corrected chi connectivity index (χ3v) is 4.41. The van der Waals surface area contributed by atoms with Gasteiger partial charge in [0.05, 0.1) is 11.5 Å². The molecule has 1 heterocycles. The van der Waals surface area contributed by atoms with Crippen LogP contribution in [0.1, 0.15) is 19.4 Å². The molecule has 3 rings (SSSR count). The van der Waals surface area contributed by atoms with Gasteiger partial charge in [-0.3, -0.25) is 0 Å². The number of hydrogen-bond donors (Lipinski definition) is 1. The lowest BCUT2D eigenvalue weighted by molar-refractivity contribution is -0.180. The van der Waals surface area contributed by atoms with E-state index >= 15 is 0 Å². The van der Waals surface area contributed by atoms with Crippen LogP contribution in [-0.2, 0) is 21.4 Å². The fourth-order valence-electron chi connectivity index (χ4n) is 2.35. The van der Waals surface area contributed by atoms with Crippen LogP contribution in [0.25, 0.3) is 11.1 Å². The monoisotopic (exact) mass is 319 g/mol. The summed E-state index contributed by atoms with van der Waals surface area (Å²) in [6.45, 7) is 4.19. The SMILES string of the molecule is CC1(C)OCc2ccc(-c3cccc(S(N)(=O)=O)c3)cc2O1. The molecule has 2 aromatic rings. The van der Waals surface area contributed by atoms with Crippen LogP contribution in [0.15, 0.2) is 47.4 Å². The minimum atomic E-state index is -3.72. The topological polar surface area (TPSA) is 78.6 Å². The average Bonchev–Trinajstić information content (AvgIpc) is 2.45. The maximum Gasteiger partial charge on any atom is 0.238 e. The van der Waals surface area contributed by atoms with E-state index in [1.165, 1.54) is 6.07 Å². The zero-order valence-electron chi connectivity index (χ0n) is 12.4. The molecule has 0 unspecified atom stereocenters. The quantitative estimate of drug-likeness (QED) is 0.923. The summed E-state index contributed by atoms with van der Waals surface area (Å²) in [7, 11) is -3.72. The highest BCUT2D eigenvalue weighted by atomic mass is 32.2. The van der Waals surface area contributed by atoms with Gasteiger partial charge in [-0.25, -0.2) is 13.6 Å². The van der Waals surface area contributed by atoms with Crippen molar-refractivity contribution in [2.75, 3.05) is 0 Å². The minimum Gasteiger partial charge on any atom is -0.463 e. The third-order valence-electron chi connectivity index (χ3n) is 3.49. The summed E-state index contributed by atoms with van der Waals surface area (Å²) < 4.78 is 34.3. The predicted molar refractivity (Wildman–Crippen MR) is 82.7 cm³/mol. The second kappa shape index (κ2) is 5.08. The van der Waals surface area contributed by atoms with E-state index in [0.29, 0.717) is 6.61 Å². The van der Waals surface area contributed by atoms with Gasteiger partial charge in [-0.2, -0.15) is 0 Å². The standard InChI is InChI=1S/C16H17NO4S/c1-16(2)20-10-13-7-6-12(9-15(13)21-16)11-4-3-5-14(8-11)22(17,18)19/h3-9H,10H2,1-2H3,(H2,17,18,19). The van der Waals surface area contributed by atoms with Crippen LogP contribution in [0.2, 0.25) is 0 Å². The Hall–Kier alpha value is -1.89. The Morgan fingerprint density at radius 2 is 1.82 bits per heavy atom. The molecule has 2 N–H and O–H groups in total. The van der Waals surface area contributed by atoms with Gasteiger partial charge in [0.2, 0.25) is 15.8 Å². The van der Waals surface area contributed by atoms with Gasteiger partial charge in [0.25, 0.3) is 0 Å². The van der Waals surface area contributed by atoms with Crippen molar-refractivity contribution in [2.45, 2.75) is 31.1 Å². The molecule has 6 heteroatoms. The van der Waals surface area contributed by atoms with Crippen LogP contribution >= 0.6 is 0 Å². The molecule has 0 saturated carbocycles. The molecule has 0 radical (unpaired) electrons. The van der Waals surface area contributed by atoms with E-state index in [0.717, 1.165) is 22.4 Å². The Bertz CT molecular complexity index is 828. The first-order valence-electron chi connectivity index (χ1n) is 6.84. The minimum absolute atomic E-state index is 0.0901. The van der Waals surface area contributed by atoms with Gasteiger partial charge in [-0.05, 0) is 29.3 Å². The van der Waals surface area contributed by atoms with Gasteiger partial charge in [0, 0.05) is 19.4 Å². The molecule has 116 valence electrons. The van der Waals surface area contributed by atoms with E-state index in [2.05, 4.69) is 0 Å². The lowest BCUT2D eigenvalue weighted by Gasteiger charge is -2.32. The first kappa shape index (κ1) is 15.0. The second-order valence-corrected chi connectivity index (χ2v) is 7.25. The van der Waals surface area contributed by atoms with Crippen molar-refractivity contribution >= 4 is 10.0 Å². The molecule has 0 fully saturated rings.